The van der Waals surface area contributed by atoms with Crippen molar-refractivity contribution in [1.82, 2.24) is 13.5 Å². The summed E-state index contributed by atoms with van der Waals surface area (Å²) in [7, 11) is -3.58. The van der Waals surface area contributed by atoms with Gasteiger partial charge in [0.1, 0.15) is 0 Å². The van der Waals surface area contributed by atoms with Crippen LogP contribution in [0.1, 0.15) is 30.4 Å². The predicted molar refractivity (Wildman–Crippen MR) is 92.5 cm³/mol. The Morgan fingerprint density at radius 3 is 2.25 bits per heavy atom. The van der Waals surface area contributed by atoms with Crippen molar-refractivity contribution in [2.24, 2.45) is 0 Å². The van der Waals surface area contributed by atoms with Crippen molar-refractivity contribution < 1.29 is 13.2 Å². The first kappa shape index (κ1) is 17.4. The van der Waals surface area contributed by atoms with Crippen molar-refractivity contribution in [3.8, 4) is 0 Å². The van der Waals surface area contributed by atoms with Crippen LogP contribution >= 0.6 is 0 Å². The molecule has 0 unspecified atom stereocenters. The molecule has 2 aliphatic rings. The molecule has 1 aromatic carbocycles. The van der Waals surface area contributed by atoms with Crippen LogP contribution in [0, 0.1) is 6.92 Å². The van der Waals surface area contributed by atoms with Gasteiger partial charge in [0.05, 0.1) is 6.54 Å². The Balaban J connectivity index is 1.68. The fraction of sp³-hybridized carbons (Fsp3) is 0.588. The van der Waals surface area contributed by atoms with Gasteiger partial charge in [-0.05, 0) is 31.7 Å². The normalized spacial score (nSPS) is 22.0. The lowest BCUT2D eigenvalue weighted by molar-refractivity contribution is -0.130. The largest absolute Gasteiger partial charge is 0.342 e. The van der Waals surface area contributed by atoms with Crippen molar-refractivity contribution in [3.05, 3.63) is 35.4 Å². The number of carbonyl (C=O) groups is 1. The number of nitrogens with zero attached hydrogens (tertiary/aromatic N) is 3. The second-order valence-electron chi connectivity index (χ2n) is 6.60. The predicted octanol–water partition coefficient (Wildman–Crippen LogP) is 1.37. The number of aryl methyl sites for hydroxylation is 1. The fourth-order valence-corrected chi connectivity index (χ4v) is 4.89. The SMILES string of the molecule is Cc1ccc(CN2CCCN(CC(=O)N3CCCC3)S2(=O)=O)cc1. The Labute approximate surface area is 144 Å². The van der Waals surface area contributed by atoms with E-state index in [9.17, 15) is 13.2 Å². The quantitative estimate of drug-likeness (QED) is 0.823. The zero-order valence-corrected chi connectivity index (χ0v) is 15.0. The first-order valence-corrected chi connectivity index (χ1v) is 9.95. The number of rotatable bonds is 4. The van der Waals surface area contributed by atoms with E-state index in [1.165, 1.54) is 8.61 Å². The van der Waals surface area contributed by atoms with Gasteiger partial charge in [-0.15, -0.1) is 0 Å². The molecule has 0 saturated carbocycles. The van der Waals surface area contributed by atoms with Crippen molar-refractivity contribution in [2.45, 2.75) is 32.7 Å². The lowest BCUT2D eigenvalue weighted by Crippen LogP contribution is -2.52. The molecule has 2 aliphatic heterocycles. The number of likely N-dealkylation sites (tertiary alicyclic amines) is 1. The van der Waals surface area contributed by atoms with Crippen molar-refractivity contribution in [1.29, 1.82) is 0 Å². The van der Waals surface area contributed by atoms with E-state index < -0.39 is 10.2 Å². The average Bonchev–Trinajstić information content (AvgIpc) is 3.08. The summed E-state index contributed by atoms with van der Waals surface area (Å²) in [6, 6.07) is 7.89. The van der Waals surface area contributed by atoms with Crippen LogP contribution in [0.5, 0.6) is 0 Å². The highest BCUT2D eigenvalue weighted by Crippen LogP contribution is 2.20. The van der Waals surface area contributed by atoms with Gasteiger partial charge in [-0.25, -0.2) is 0 Å². The van der Waals surface area contributed by atoms with Crippen LogP contribution in [-0.4, -0.2) is 60.6 Å². The Bertz CT molecular complexity index is 682. The summed E-state index contributed by atoms with van der Waals surface area (Å²) in [4.78, 5) is 14.1. The minimum atomic E-state index is -3.58. The minimum Gasteiger partial charge on any atom is -0.342 e. The smallest absolute Gasteiger partial charge is 0.282 e. The average molecular weight is 351 g/mol. The van der Waals surface area contributed by atoms with E-state index in [4.69, 9.17) is 0 Å². The molecule has 0 aromatic heterocycles. The topological polar surface area (TPSA) is 60.9 Å². The molecule has 1 aromatic rings. The van der Waals surface area contributed by atoms with E-state index in [0.717, 1.165) is 43.5 Å². The lowest BCUT2D eigenvalue weighted by Gasteiger charge is -2.35. The van der Waals surface area contributed by atoms with Gasteiger partial charge in [0.15, 0.2) is 0 Å². The number of carbonyl (C=O) groups excluding carboxylic acids is 1. The van der Waals surface area contributed by atoms with E-state index >= 15 is 0 Å². The minimum absolute atomic E-state index is 0.0350. The highest BCUT2D eigenvalue weighted by molar-refractivity contribution is 7.86. The molecule has 6 nitrogen and oxygen atoms in total. The van der Waals surface area contributed by atoms with Crippen molar-refractivity contribution >= 4 is 16.1 Å². The molecule has 3 rings (SSSR count). The van der Waals surface area contributed by atoms with Crippen LogP contribution in [0.3, 0.4) is 0 Å². The third-order valence-electron chi connectivity index (χ3n) is 4.72. The fourth-order valence-electron chi connectivity index (χ4n) is 3.25. The van der Waals surface area contributed by atoms with E-state index in [-0.39, 0.29) is 12.5 Å². The molecule has 0 spiro atoms. The van der Waals surface area contributed by atoms with Crippen LogP contribution in [0.2, 0.25) is 0 Å². The molecular weight excluding hydrogens is 326 g/mol. The molecule has 2 heterocycles. The zero-order valence-electron chi connectivity index (χ0n) is 14.1. The van der Waals surface area contributed by atoms with Gasteiger partial charge in [0.25, 0.3) is 10.2 Å². The lowest BCUT2D eigenvalue weighted by atomic mass is 10.1. The van der Waals surface area contributed by atoms with Gasteiger partial charge in [-0.1, -0.05) is 29.8 Å². The second kappa shape index (κ2) is 7.21. The van der Waals surface area contributed by atoms with Crippen LogP contribution in [0.15, 0.2) is 24.3 Å². The molecule has 1 amide bonds. The number of amides is 1. The van der Waals surface area contributed by atoms with Gasteiger partial charge in [0, 0.05) is 32.7 Å². The van der Waals surface area contributed by atoms with Crippen molar-refractivity contribution in [2.75, 3.05) is 32.7 Å². The van der Waals surface area contributed by atoms with Crippen LogP contribution in [0.25, 0.3) is 0 Å². The number of hydrogen-bond acceptors (Lipinski definition) is 3. The summed E-state index contributed by atoms with van der Waals surface area (Å²) < 4.78 is 28.5. The number of hydrogen-bond donors (Lipinski definition) is 0. The maximum atomic E-state index is 12.8. The van der Waals surface area contributed by atoms with Crippen LogP contribution in [0.4, 0.5) is 0 Å². The third-order valence-corrected chi connectivity index (χ3v) is 6.65. The van der Waals surface area contributed by atoms with Crippen LogP contribution in [-0.2, 0) is 21.5 Å². The highest BCUT2D eigenvalue weighted by atomic mass is 32.2. The molecule has 0 bridgehead atoms. The van der Waals surface area contributed by atoms with Gasteiger partial charge in [-0.2, -0.15) is 17.0 Å². The molecule has 24 heavy (non-hydrogen) atoms. The number of benzene rings is 1. The van der Waals surface area contributed by atoms with E-state index in [1.807, 2.05) is 31.2 Å². The Hall–Kier alpha value is -1.44. The summed E-state index contributed by atoms with van der Waals surface area (Å²) in [6.45, 7) is 4.76. The van der Waals surface area contributed by atoms with Gasteiger partial charge < -0.3 is 4.90 Å². The van der Waals surface area contributed by atoms with Gasteiger partial charge >= 0.3 is 0 Å². The van der Waals surface area contributed by atoms with Gasteiger partial charge in [0.2, 0.25) is 5.91 Å². The molecule has 2 fully saturated rings. The van der Waals surface area contributed by atoms with E-state index in [2.05, 4.69) is 0 Å². The molecular formula is C17H25N3O3S. The van der Waals surface area contributed by atoms with Gasteiger partial charge in [-0.3, -0.25) is 4.79 Å². The Morgan fingerprint density at radius 2 is 1.58 bits per heavy atom. The summed E-state index contributed by atoms with van der Waals surface area (Å²) in [5.41, 5.74) is 2.12. The Morgan fingerprint density at radius 1 is 0.958 bits per heavy atom. The first-order valence-electron chi connectivity index (χ1n) is 8.55. The summed E-state index contributed by atoms with van der Waals surface area (Å²) in [6.07, 6.45) is 2.77. The maximum Gasteiger partial charge on any atom is 0.282 e. The van der Waals surface area contributed by atoms with E-state index in [0.29, 0.717) is 19.6 Å². The summed E-state index contributed by atoms with van der Waals surface area (Å²) >= 11 is 0. The zero-order chi connectivity index (χ0) is 17.2. The maximum absolute atomic E-state index is 12.8. The molecule has 132 valence electrons. The molecule has 0 N–H and O–H groups in total. The molecule has 0 radical (unpaired) electrons. The summed E-state index contributed by atoms with van der Waals surface area (Å²) in [5, 5.41) is 0. The summed E-state index contributed by atoms with van der Waals surface area (Å²) in [5.74, 6) is -0.0757. The Kier molecular flexibility index (Phi) is 5.22. The highest BCUT2D eigenvalue weighted by Gasteiger charge is 2.35. The monoisotopic (exact) mass is 351 g/mol. The van der Waals surface area contributed by atoms with Crippen LogP contribution < -0.4 is 0 Å². The third kappa shape index (κ3) is 3.79. The van der Waals surface area contributed by atoms with E-state index in [1.54, 1.807) is 4.90 Å². The second-order valence-corrected chi connectivity index (χ2v) is 8.53. The standard InChI is InChI=1S/C17H25N3O3S/c1-15-5-7-16(8-6-15)13-19-11-4-12-20(24(19,22)23)14-17(21)18-9-2-3-10-18/h5-8H,2-4,9-14H2,1H3. The molecule has 0 aliphatic carbocycles. The van der Waals surface area contributed by atoms with Crippen molar-refractivity contribution in [3.63, 3.8) is 0 Å². The molecule has 2 saturated heterocycles. The molecule has 0 atom stereocenters. The molecule has 7 heteroatoms. The first-order chi connectivity index (χ1) is 11.5.